The lowest BCUT2D eigenvalue weighted by atomic mass is 10.2. The molecule has 0 N–H and O–H groups in total. The zero-order valence-corrected chi connectivity index (χ0v) is 14.2. The second-order valence-electron chi connectivity index (χ2n) is 6.81. The quantitative estimate of drug-likeness (QED) is 0.859. The van der Waals surface area contributed by atoms with Crippen molar-refractivity contribution < 1.29 is 9.32 Å². The molecule has 1 amide bonds. The van der Waals surface area contributed by atoms with Gasteiger partial charge in [-0.15, -0.1) is 0 Å². The molecule has 0 aliphatic carbocycles. The van der Waals surface area contributed by atoms with Gasteiger partial charge in [-0.25, -0.2) is 0 Å². The van der Waals surface area contributed by atoms with Crippen LogP contribution in [0.25, 0.3) is 0 Å². The first-order chi connectivity index (χ1) is 11.6. The van der Waals surface area contributed by atoms with Crippen LogP contribution in [-0.4, -0.2) is 45.4 Å². The highest BCUT2D eigenvalue weighted by Gasteiger charge is 2.28. The first-order valence-corrected chi connectivity index (χ1v) is 8.60. The zero-order valence-electron chi connectivity index (χ0n) is 14.2. The molecule has 128 valence electrons. The van der Waals surface area contributed by atoms with Gasteiger partial charge in [-0.05, 0) is 26.7 Å². The second kappa shape index (κ2) is 6.05. The number of carbonyl (C=O) groups is 1. The van der Waals surface area contributed by atoms with E-state index in [2.05, 4.69) is 15.2 Å². The first-order valence-electron chi connectivity index (χ1n) is 8.60. The number of carbonyl (C=O) groups excluding carboxylic acids is 1. The molecule has 4 rings (SSSR count). The van der Waals surface area contributed by atoms with Gasteiger partial charge in [0.05, 0.1) is 23.6 Å². The standard InChI is InChI=1S/C17H23N5O2/c1-12-16(13(2)24-19-12)11-20-7-5-14(9-20)22-10-15(8-18-22)21-6-3-4-17(21)23/h8,10,14H,3-7,9,11H2,1-2H3. The molecule has 2 aliphatic heterocycles. The molecule has 2 aromatic heterocycles. The minimum Gasteiger partial charge on any atom is -0.361 e. The highest BCUT2D eigenvalue weighted by atomic mass is 16.5. The molecule has 0 spiro atoms. The van der Waals surface area contributed by atoms with Crippen LogP contribution in [-0.2, 0) is 11.3 Å². The summed E-state index contributed by atoms with van der Waals surface area (Å²) in [6, 6.07) is 0.358. The molecule has 1 atom stereocenters. The van der Waals surface area contributed by atoms with Gasteiger partial charge in [-0.2, -0.15) is 5.10 Å². The van der Waals surface area contributed by atoms with Crippen molar-refractivity contribution in [1.29, 1.82) is 0 Å². The summed E-state index contributed by atoms with van der Waals surface area (Å²) in [5.41, 5.74) is 3.10. The molecule has 0 saturated carbocycles. The summed E-state index contributed by atoms with van der Waals surface area (Å²) in [6.45, 7) is 7.64. The van der Waals surface area contributed by atoms with E-state index < -0.39 is 0 Å². The Bertz CT molecular complexity index is 730. The minimum atomic E-state index is 0.209. The van der Waals surface area contributed by atoms with Crippen molar-refractivity contribution in [3.8, 4) is 0 Å². The Morgan fingerprint density at radius 1 is 1.33 bits per heavy atom. The van der Waals surface area contributed by atoms with E-state index in [1.54, 1.807) is 0 Å². The number of hydrogen-bond acceptors (Lipinski definition) is 5. The molecule has 7 heteroatoms. The van der Waals surface area contributed by atoms with E-state index in [-0.39, 0.29) is 5.91 Å². The van der Waals surface area contributed by atoms with E-state index in [0.717, 1.165) is 56.2 Å². The largest absolute Gasteiger partial charge is 0.361 e. The molecule has 2 saturated heterocycles. The number of hydrogen-bond donors (Lipinski definition) is 0. The van der Waals surface area contributed by atoms with Crippen LogP contribution >= 0.6 is 0 Å². The van der Waals surface area contributed by atoms with Crippen LogP contribution < -0.4 is 4.90 Å². The van der Waals surface area contributed by atoms with E-state index >= 15 is 0 Å². The summed E-state index contributed by atoms with van der Waals surface area (Å²) < 4.78 is 7.28. The van der Waals surface area contributed by atoms with Crippen LogP contribution in [0, 0.1) is 13.8 Å². The second-order valence-corrected chi connectivity index (χ2v) is 6.81. The Morgan fingerprint density at radius 3 is 2.92 bits per heavy atom. The molecular weight excluding hydrogens is 306 g/mol. The average Bonchev–Trinajstić information content (AvgIpc) is 3.32. The van der Waals surface area contributed by atoms with Crippen molar-refractivity contribution in [2.45, 2.75) is 45.7 Å². The summed E-state index contributed by atoms with van der Waals surface area (Å²) in [5, 5.41) is 8.54. The molecular formula is C17H23N5O2. The Labute approximate surface area is 141 Å². The first kappa shape index (κ1) is 15.4. The maximum absolute atomic E-state index is 11.9. The Kier molecular flexibility index (Phi) is 3.88. The highest BCUT2D eigenvalue weighted by molar-refractivity contribution is 5.95. The third-order valence-electron chi connectivity index (χ3n) is 5.16. The molecule has 24 heavy (non-hydrogen) atoms. The molecule has 2 aromatic rings. The molecule has 1 unspecified atom stereocenters. The average molecular weight is 329 g/mol. The molecule has 2 aliphatic rings. The Balaban J connectivity index is 1.42. The van der Waals surface area contributed by atoms with Crippen LogP contribution in [0.1, 0.15) is 42.3 Å². The maximum atomic E-state index is 11.9. The van der Waals surface area contributed by atoms with Crippen molar-refractivity contribution >= 4 is 11.6 Å². The summed E-state index contributed by atoms with van der Waals surface area (Å²) in [6.07, 6.45) is 6.50. The number of amides is 1. The van der Waals surface area contributed by atoms with Gasteiger partial charge in [0.15, 0.2) is 0 Å². The third kappa shape index (κ3) is 2.73. The van der Waals surface area contributed by atoms with E-state index in [1.807, 2.05) is 35.8 Å². The van der Waals surface area contributed by atoms with Gasteiger partial charge in [0.1, 0.15) is 5.76 Å². The number of anilines is 1. The van der Waals surface area contributed by atoms with Gasteiger partial charge < -0.3 is 9.42 Å². The Hall–Kier alpha value is -2.15. The van der Waals surface area contributed by atoms with Gasteiger partial charge in [-0.3, -0.25) is 14.4 Å². The van der Waals surface area contributed by atoms with Crippen molar-refractivity contribution in [2.24, 2.45) is 0 Å². The monoisotopic (exact) mass is 329 g/mol. The lowest BCUT2D eigenvalue weighted by Crippen LogP contribution is -2.23. The van der Waals surface area contributed by atoms with Crippen molar-refractivity contribution in [3.63, 3.8) is 0 Å². The van der Waals surface area contributed by atoms with E-state index in [0.29, 0.717) is 12.5 Å². The van der Waals surface area contributed by atoms with Gasteiger partial charge >= 0.3 is 0 Å². The summed E-state index contributed by atoms with van der Waals surface area (Å²) in [5.74, 6) is 1.12. The topological polar surface area (TPSA) is 67.4 Å². The third-order valence-corrected chi connectivity index (χ3v) is 5.16. The molecule has 7 nitrogen and oxygen atoms in total. The van der Waals surface area contributed by atoms with Crippen molar-refractivity contribution in [1.82, 2.24) is 19.8 Å². The summed E-state index contributed by atoms with van der Waals surface area (Å²) >= 11 is 0. The van der Waals surface area contributed by atoms with Gasteiger partial charge in [-0.1, -0.05) is 5.16 Å². The number of aryl methyl sites for hydroxylation is 2. The predicted octanol–water partition coefficient (Wildman–Crippen LogP) is 2.06. The van der Waals surface area contributed by atoms with Crippen LogP contribution in [0.4, 0.5) is 5.69 Å². The number of rotatable bonds is 4. The predicted molar refractivity (Wildman–Crippen MR) is 88.7 cm³/mol. The van der Waals surface area contributed by atoms with Crippen molar-refractivity contribution in [2.75, 3.05) is 24.5 Å². The smallest absolute Gasteiger partial charge is 0.227 e. The van der Waals surface area contributed by atoms with Crippen LogP contribution in [0.3, 0.4) is 0 Å². The van der Waals surface area contributed by atoms with E-state index in [9.17, 15) is 4.79 Å². The van der Waals surface area contributed by atoms with Crippen LogP contribution in [0.5, 0.6) is 0 Å². The SMILES string of the molecule is Cc1noc(C)c1CN1CCC(n2cc(N3CCCC3=O)cn2)C1. The van der Waals surface area contributed by atoms with Crippen LogP contribution in [0.15, 0.2) is 16.9 Å². The molecule has 2 fully saturated rings. The fraction of sp³-hybridized carbons (Fsp3) is 0.588. The minimum absolute atomic E-state index is 0.209. The Morgan fingerprint density at radius 2 is 2.21 bits per heavy atom. The van der Waals surface area contributed by atoms with Gasteiger partial charge in [0.2, 0.25) is 5.91 Å². The van der Waals surface area contributed by atoms with Crippen LogP contribution in [0.2, 0.25) is 0 Å². The number of nitrogens with zero attached hydrogens (tertiary/aromatic N) is 5. The number of aromatic nitrogens is 3. The maximum Gasteiger partial charge on any atom is 0.227 e. The fourth-order valence-electron chi connectivity index (χ4n) is 3.71. The summed E-state index contributed by atoms with van der Waals surface area (Å²) in [4.78, 5) is 16.1. The summed E-state index contributed by atoms with van der Waals surface area (Å²) in [7, 11) is 0. The highest BCUT2D eigenvalue weighted by Crippen LogP contribution is 2.27. The lowest BCUT2D eigenvalue weighted by Gasteiger charge is -2.16. The molecule has 0 radical (unpaired) electrons. The normalized spacial score (nSPS) is 22.0. The molecule has 0 aromatic carbocycles. The van der Waals surface area contributed by atoms with Gasteiger partial charge in [0.25, 0.3) is 0 Å². The lowest BCUT2D eigenvalue weighted by molar-refractivity contribution is -0.117. The molecule has 0 bridgehead atoms. The van der Waals surface area contributed by atoms with Gasteiger partial charge in [0, 0.05) is 44.4 Å². The number of likely N-dealkylation sites (tertiary alicyclic amines) is 1. The fourth-order valence-corrected chi connectivity index (χ4v) is 3.71. The zero-order chi connectivity index (χ0) is 16.7. The van der Waals surface area contributed by atoms with Crippen molar-refractivity contribution in [3.05, 3.63) is 29.4 Å². The van der Waals surface area contributed by atoms with E-state index in [1.165, 1.54) is 5.56 Å². The van der Waals surface area contributed by atoms with E-state index in [4.69, 9.17) is 4.52 Å². The molecule has 4 heterocycles.